The van der Waals surface area contributed by atoms with Gasteiger partial charge in [-0.2, -0.15) is 0 Å². The zero-order chi connectivity index (χ0) is 10.9. The smallest absolute Gasteiger partial charge is 0.0923 e. The largest absolute Gasteiger partial charge is 0.387 e. The van der Waals surface area contributed by atoms with E-state index < -0.39 is 5.60 Å². The molecule has 1 fully saturated rings. The fraction of sp³-hybridized carbons (Fsp3) is 0.538. The van der Waals surface area contributed by atoms with Crippen molar-refractivity contribution >= 4 is 0 Å². The summed E-state index contributed by atoms with van der Waals surface area (Å²) < 4.78 is 0. The highest BCUT2D eigenvalue weighted by Gasteiger charge is 2.43. The van der Waals surface area contributed by atoms with Crippen LogP contribution in [0, 0.1) is 5.92 Å². The van der Waals surface area contributed by atoms with E-state index >= 15 is 0 Å². The standard InChI is InChI=1S/C13H19NO/c1-11(2)13(15)9-14(10-13)8-12-6-4-3-5-7-12/h3-7,11,15H,8-10H2,1-2H3. The van der Waals surface area contributed by atoms with Crippen molar-refractivity contribution in [2.45, 2.75) is 26.0 Å². The van der Waals surface area contributed by atoms with Gasteiger partial charge in [-0.1, -0.05) is 44.2 Å². The van der Waals surface area contributed by atoms with Gasteiger partial charge < -0.3 is 5.11 Å². The normalized spacial score (nSPS) is 20.3. The lowest BCUT2D eigenvalue weighted by Gasteiger charge is -2.49. The second-order valence-corrected chi connectivity index (χ2v) is 4.89. The molecule has 0 bridgehead atoms. The average molecular weight is 205 g/mol. The van der Waals surface area contributed by atoms with Crippen LogP contribution in [0.4, 0.5) is 0 Å². The monoisotopic (exact) mass is 205 g/mol. The molecule has 0 radical (unpaired) electrons. The van der Waals surface area contributed by atoms with Crippen molar-refractivity contribution in [3.8, 4) is 0 Å². The molecule has 0 amide bonds. The first-order chi connectivity index (χ1) is 7.10. The maximum Gasteiger partial charge on any atom is 0.0923 e. The Balaban J connectivity index is 1.86. The van der Waals surface area contributed by atoms with Crippen LogP contribution >= 0.6 is 0 Å². The third-order valence-corrected chi connectivity index (χ3v) is 3.32. The molecule has 1 aliphatic rings. The van der Waals surface area contributed by atoms with E-state index in [1.165, 1.54) is 5.56 Å². The molecule has 82 valence electrons. The molecule has 0 aliphatic carbocycles. The van der Waals surface area contributed by atoms with Crippen molar-refractivity contribution in [2.24, 2.45) is 5.92 Å². The average Bonchev–Trinajstić information content (AvgIpc) is 2.16. The lowest BCUT2D eigenvalue weighted by atomic mass is 9.83. The van der Waals surface area contributed by atoms with Crippen LogP contribution in [0.25, 0.3) is 0 Å². The number of β-amino-alcohol motifs (C(OH)–C–C–N with tert-alkyl or cyclic N) is 1. The Morgan fingerprint density at radius 1 is 1.27 bits per heavy atom. The fourth-order valence-electron chi connectivity index (χ4n) is 2.05. The Hall–Kier alpha value is -0.860. The summed E-state index contributed by atoms with van der Waals surface area (Å²) in [7, 11) is 0. The van der Waals surface area contributed by atoms with Gasteiger partial charge >= 0.3 is 0 Å². The third kappa shape index (κ3) is 2.21. The molecule has 15 heavy (non-hydrogen) atoms. The molecular formula is C13H19NO. The zero-order valence-corrected chi connectivity index (χ0v) is 9.48. The van der Waals surface area contributed by atoms with Gasteiger partial charge in [-0.05, 0) is 11.5 Å². The number of likely N-dealkylation sites (tertiary alicyclic amines) is 1. The molecule has 0 aromatic heterocycles. The predicted octanol–water partition coefficient (Wildman–Crippen LogP) is 1.89. The molecule has 2 nitrogen and oxygen atoms in total. The van der Waals surface area contributed by atoms with E-state index in [0.29, 0.717) is 5.92 Å². The van der Waals surface area contributed by atoms with Gasteiger partial charge in [0.15, 0.2) is 0 Å². The molecule has 0 unspecified atom stereocenters. The molecule has 2 heteroatoms. The van der Waals surface area contributed by atoms with Gasteiger partial charge in [0.25, 0.3) is 0 Å². The summed E-state index contributed by atoms with van der Waals surface area (Å²) in [6.07, 6.45) is 0. The van der Waals surface area contributed by atoms with E-state index in [1.807, 2.05) is 6.07 Å². The summed E-state index contributed by atoms with van der Waals surface area (Å²) in [6, 6.07) is 10.4. The predicted molar refractivity (Wildman–Crippen MR) is 61.5 cm³/mol. The Kier molecular flexibility index (Phi) is 2.81. The highest BCUT2D eigenvalue weighted by Crippen LogP contribution is 2.29. The first-order valence-corrected chi connectivity index (χ1v) is 5.59. The molecule has 1 aliphatic heterocycles. The molecule has 0 saturated carbocycles. The Morgan fingerprint density at radius 3 is 2.40 bits per heavy atom. The van der Waals surface area contributed by atoms with Crippen molar-refractivity contribution in [1.82, 2.24) is 4.90 Å². The summed E-state index contributed by atoms with van der Waals surface area (Å²) in [5, 5.41) is 10.1. The highest BCUT2D eigenvalue weighted by molar-refractivity contribution is 5.15. The summed E-state index contributed by atoms with van der Waals surface area (Å²) in [6.45, 7) is 6.73. The number of benzene rings is 1. The van der Waals surface area contributed by atoms with Gasteiger partial charge in [-0.3, -0.25) is 4.90 Å². The van der Waals surface area contributed by atoms with Crippen molar-refractivity contribution in [1.29, 1.82) is 0 Å². The number of hydrogen-bond donors (Lipinski definition) is 1. The first-order valence-electron chi connectivity index (χ1n) is 5.59. The van der Waals surface area contributed by atoms with Gasteiger partial charge in [-0.15, -0.1) is 0 Å². The first kappa shape index (κ1) is 10.7. The second-order valence-electron chi connectivity index (χ2n) is 4.89. The quantitative estimate of drug-likeness (QED) is 0.814. The van der Waals surface area contributed by atoms with Crippen molar-refractivity contribution < 1.29 is 5.11 Å². The lowest BCUT2D eigenvalue weighted by molar-refractivity contribution is -0.130. The second kappa shape index (κ2) is 3.95. The van der Waals surface area contributed by atoms with Gasteiger partial charge in [0.1, 0.15) is 0 Å². The number of hydrogen-bond acceptors (Lipinski definition) is 2. The van der Waals surface area contributed by atoms with Crippen LogP contribution in [0.2, 0.25) is 0 Å². The minimum atomic E-state index is -0.450. The highest BCUT2D eigenvalue weighted by atomic mass is 16.3. The lowest BCUT2D eigenvalue weighted by Crippen LogP contribution is -2.63. The van der Waals surface area contributed by atoms with Crippen LogP contribution in [-0.4, -0.2) is 28.7 Å². The van der Waals surface area contributed by atoms with Crippen LogP contribution in [-0.2, 0) is 6.54 Å². The molecular weight excluding hydrogens is 186 g/mol. The summed E-state index contributed by atoms with van der Waals surface area (Å²) >= 11 is 0. The number of rotatable bonds is 3. The number of aliphatic hydroxyl groups is 1. The fourth-order valence-corrected chi connectivity index (χ4v) is 2.05. The van der Waals surface area contributed by atoms with E-state index in [-0.39, 0.29) is 0 Å². The Labute approximate surface area is 91.5 Å². The minimum absolute atomic E-state index is 0.351. The maximum atomic E-state index is 10.1. The Bertz CT molecular complexity index is 315. The van der Waals surface area contributed by atoms with Gasteiger partial charge in [-0.25, -0.2) is 0 Å². The van der Waals surface area contributed by atoms with Gasteiger partial charge in [0.2, 0.25) is 0 Å². The van der Waals surface area contributed by atoms with Gasteiger partial charge in [0, 0.05) is 19.6 Å². The molecule has 1 aromatic carbocycles. The molecule has 0 spiro atoms. The summed E-state index contributed by atoms with van der Waals surface area (Å²) in [4.78, 5) is 2.29. The topological polar surface area (TPSA) is 23.5 Å². The number of nitrogens with zero attached hydrogens (tertiary/aromatic N) is 1. The summed E-state index contributed by atoms with van der Waals surface area (Å²) in [5.74, 6) is 0.351. The van der Waals surface area contributed by atoms with Crippen LogP contribution < -0.4 is 0 Å². The van der Waals surface area contributed by atoms with E-state index in [2.05, 4.69) is 43.0 Å². The SMILES string of the molecule is CC(C)C1(O)CN(Cc2ccccc2)C1. The van der Waals surface area contributed by atoms with E-state index in [4.69, 9.17) is 0 Å². The van der Waals surface area contributed by atoms with Gasteiger partial charge in [0.05, 0.1) is 5.60 Å². The summed E-state index contributed by atoms with van der Waals surface area (Å²) in [5.41, 5.74) is 0.873. The minimum Gasteiger partial charge on any atom is -0.387 e. The molecule has 1 aromatic rings. The van der Waals surface area contributed by atoms with E-state index in [1.54, 1.807) is 0 Å². The molecule has 1 heterocycles. The third-order valence-electron chi connectivity index (χ3n) is 3.32. The van der Waals surface area contributed by atoms with Crippen LogP contribution in [0.15, 0.2) is 30.3 Å². The molecule has 1 saturated heterocycles. The zero-order valence-electron chi connectivity index (χ0n) is 9.48. The molecule has 0 atom stereocenters. The van der Waals surface area contributed by atoms with Crippen molar-refractivity contribution in [3.63, 3.8) is 0 Å². The van der Waals surface area contributed by atoms with Crippen LogP contribution in [0.3, 0.4) is 0 Å². The maximum absolute atomic E-state index is 10.1. The van der Waals surface area contributed by atoms with Crippen molar-refractivity contribution in [2.75, 3.05) is 13.1 Å². The van der Waals surface area contributed by atoms with Crippen LogP contribution in [0.1, 0.15) is 19.4 Å². The Morgan fingerprint density at radius 2 is 1.87 bits per heavy atom. The molecule has 2 rings (SSSR count). The van der Waals surface area contributed by atoms with E-state index in [9.17, 15) is 5.11 Å². The molecule has 1 N–H and O–H groups in total. The van der Waals surface area contributed by atoms with E-state index in [0.717, 1.165) is 19.6 Å². The van der Waals surface area contributed by atoms with Crippen molar-refractivity contribution in [3.05, 3.63) is 35.9 Å². The van der Waals surface area contributed by atoms with Crippen LogP contribution in [0.5, 0.6) is 0 Å².